The van der Waals surface area contributed by atoms with Crippen LogP contribution < -0.4 is 22.1 Å². The van der Waals surface area contributed by atoms with Crippen molar-refractivity contribution in [1.82, 2.24) is 5.32 Å². The van der Waals surface area contributed by atoms with E-state index in [1.807, 2.05) is 0 Å². The second-order valence-corrected chi connectivity index (χ2v) is 4.89. The summed E-state index contributed by atoms with van der Waals surface area (Å²) in [7, 11) is 0. The Hall–Kier alpha value is -3.35. The first kappa shape index (κ1) is 13.6. The first-order chi connectivity index (χ1) is 10.4. The molecule has 2 aromatic carbocycles. The molecule has 0 spiro atoms. The minimum atomic E-state index is -0.482. The van der Waals surface area contributed by atoms with Crippen molar-refractivity contribution < 1.29 is 14.4 Å². The Labute approximate surface area is 125 Å². The fourth-order valence-corrected chi connectivity index (χ4v) is 2.26. The van der Waals surface area contributed by atoms with Crippen LogP contribution in [0, 0.1) is 0 Å². The molecule has 7 heteroatoms. The normalized spacial score (nSPS) is 12.7. The molecule has 0 aromatic heterocycles. The molecule has 0 radical (unpaired) electrons. The van der Waals surface area contributed by atoms with Gasteiger partial charge < -0.3 is 16.8 Å². The number of nitrogens with two attached hydrogens (primary N) is 2. The predicted molar refractivity (Wildman–Crippen MR) is 81.5 cm³/mol. The number of nitrogens with one attached hydrogen (secondary N) is 2. The van der Waals surface area contributed by atoms with Crippen LogP contribution in [0.25, 0.3) is 0 Å². The van der Waals surface area contributed by atoms with Gasteiger partial charge in [-0.25, -0.2) is 0 Å². The maximum absolute atomic E-state index is 12.2. The molecule has 0 saturated carbocycles. The smallest absolute Gasteiger partial charge is 0.259 e. The Bertz CT molecular complexity index is 809. The van der Waals surface area contributed by atoms with Gasteiger partial charge in [0, 0.05) is 22.6 Å². The third kappa shape index (κ3) is 2.35. The third-order valence-corrected chi connectivity index (χ3v) is 3.23. The van der Waals surface area contributed by atoms with Gasteiger partial charge in [-0.05, 0) is 36.4 Å². The number of anilines is 3. The second-order valence-electron chi connectivity index (χ2n) is 4.89. The quantitative estimate of drug-likeness (QED) is 0.485. The maximum Gasteiger partial charge on any atom is 0.259 e. The van der Waals surface area contributed by atoms with Gasteiger partial charge in [0.2, 0.25) is 0 Å². The molecule has 0 unspecified atom stereocenters. The molecule has 0 saturated heterocycles. The van der Waals surface area contributed by atoms with Gasteiger partial charge in [0.25, 0.3) is 17.7 Å². The summed E-state index contributed by atoms with van der Waals surface area (Å²) in [5.74, 6) is -1.34. The highest BCUT2D eigenvalue weighted by Gasteiger charge is 2.26. The van der Waals surface area contributed by atoms with Crippen LogP contribution in [0.1, 0.15) is 31.1 Å². The van der Waals surface area contributed by atoms with Crippen LogP contribution in [0.2, 0.25) is 0 Å². The zero-order valence-electron chi connectivity index (χ0n) is 11.3. The molecule has 0 bridgehead atoms. The molecule has 0 aliphatic carbocycles. The highest BCUT2D eigenvalue weighted by Crippen LogP contribution is 2.21. The molecule has 110 valence electrons. The molecule has 3 rings (SSSR count). The van der Waals surface area contributed by atoms with Gasteiger partial charge in [-0.1, -0.05) is 0 Å². The highest BCUT2D eigenvalue weighted by atomic mass is 16.2. The summed E-state index contributed by atoms with van der Waals surface area (Å²) < 4.78 is 0. The first-order valence-electron chi connectivity index (χ1n) is 6.41. The van der Waals surface area contributed by atoms with E-state index in [4.69, 9.17) is 11.5 Å². The molecular weight excluding hydrogens is 284 g/mol. The van der Waals surface area contributed by atoms with Crippen molar-refractivity contribution in [3.05, 3.63) is 53.1 Å². The van der Waals surface area contributed by atoms with Gasteiger partial charge in [-0.3, -0.25) is 19.7 Å². The number of hydrogen-bond donors (Lipinski definition) is 4. The van der Waals surface area contributed by atoms with Crippen LogP contribution in [0.3, 0.4) is 0 Å². The third-order valence-electron chi connectivity index (χ3n) is 3.23. The average Bonchev–Trinajstić information content (AvgIpc) is 2.72. The fourth-order valence-electron chi connectivity index (χ4n) is 2.26. The van der Waals surface area contributed by atoms with Crippen LogP contribution in [0.5, 0.6) is 0 Å². The zero-order valence-corrected chi connectivity index (χ0v) is 11.3. The number of amides is 3. The Morgan fingerprint density at radius 2 is 1.55 bits per heavy atom. The molecule has 3 amide bonds. The molecule has 22 heavy (non-hydrogen) atoms. The molecule has 1 aliphatic rings. The van der Waals surface area contributed by atoms with Crippen LogP contribution in [-0.2, 0) is 0 Å². The average molecular weight is 296 g/mol. The molecule has 1 aliphatic heterocycles. The Kier molecular flexibility index (Phi) is 3.03. The lowest BCUT2D eigenvalue weighted by Crippen LogP contribution is -2.19. The lowest BCUT2D eigenvalue weighted by atomic mass is 10.1. The van der Waals surface area contributed by atoms with Crippen molar-refractivity contribution in [2.75, 3.05) is 16.8 Å². The SMILES string of the molecule is Nc1cc(N)cc(C(=O)Nc2ccc3c(c2)C(=O)NC3=O)c1. The standard InChI is InChI=1S/C15H12N4O3/c16-8-3-7(4-9(17)5-8)13(20)18-10-1-2-11-12(6-10)15(22)19-14(11)21/h1-6H,16-17H2,(H,18,20)(H,19,21,22). The summed E-state index contributed by atoms with van der Waals surface area (Å²) in [6, 6.07) is 9.01. The highest BCUT2D eigenvalue weighted by molar-refractivity contribution is 6.22. The van der Waals surface area contributed by atoms with Gasteiger partial charge in [0.05, 0.1) is 11.1 Å². The Balaban J connectivity index is 1.87. The molecule has 2 aromatic rings. The summed E-state index contributed by atoms with van der Waals surface area (Å²) in [6.45, 7) is 0. The van der Waals surface area contributed by atoms with E-state index in [1.165, 1.54) is 24.3 Å². The molecule has 7 nitrogen and oxygen atoms in total. The van der Waals surface area contributed by atoms with Gasteiger partial charge in [0.1, 0.15) is 0 Å². The van der Waals surface area contributed by atoms with E-state index >= 15 is 0 Å². The number of benzene rings is 2. The topological polar surface area (TPSA) is 127 Å². The first-order valence-corrected chi connectivity index (χ1v) is 6.41. The number of hydrogen-bond acceptors (Lipinski definition) is 5. The van der Waals surface area contributed by atoms with Gasteiger partial charge in [-0.15, -0.1) is 0 Å². The van der Waals surface area contributed by atoms with Crippen LogP contribution in [0.15, 0.2) is 36.4 Å². The van der Waals surface area contributed by atoms with Crippen molar-refractivity contribution in [2.45, 2.75) is 0 Å². The maximum atomic E-state index is 12.2. The van der Waals surface area contributed by atoms with Crippen LogP contribution in [0.4, 0.5) is 17.1 Å². The Morgan fingerprint density at radius 3 is 2.23 bits per heavy atom. The lowest BCUT2D eigenvalue weighted by molar-refractivity contribution is 0.0878. The van der Waals surface area contributed by atoms with Gasteiger partial charge in [-0.2, -0.15) is 0 Å². The van der Waals surface area contributed by atoms with E-state index in [9.17, 15) is 14.4 Å². The number of nitrogen functional groups attached to an aromatic ring is 2. The summed E-state index contributed by atoms with van der Waals surface area (Å²) >= 11 is 0. The zero-order chi connectivity index (χ0) is 15.9. The monoisotopic (exact) mass is 296 g/mol. The predicted octanol–water partition coefficient (Wildman–Crippen LogP) is 0.987. The lowest BCUT2D eigenvalue weighted by Gasteiger charge is -2.08. The Morgan fingerprint density at radius 1 is 0.909 bits per heavy atom. The van der Waals surface area contributed by atoms with Gasteiger partial charge >= 0.3 is 0 Å². The van der Waals surface area contributed by atoms with E-state index < -0.39 is 17.7 Å². The van der Waals surface area contributed by atoms with E-state index in [2.05, 4.69) is 10.6 Å². The summed E-state index contributed by atoms with van der Waals surface area (Å²) in [4.78, 5) is 35.2. The second kappa shape index (κ2) is 4.88. The van der Waals surface area contributed by atoms with Crippen molar-refractivity contribution in [2.24, 2.45) is 0 Å². The molecule has 6 N–H and O–H groups in total. The van der Waals surface area contributed by atoms with E-state index in [0.29, 0.717) is 22.6 Å². The number of carbonyl (C=O) groups excluding carboxylic acids is 3. The van der Waals surface area contributed by atoms with Crippen LogP contribution in [-0.4, -0.2) is 17.7 Å². The largest absolute Gasteiger partial charge is 0.399 e. The summed E-state index contributed by atoms with van der Waals surface area (Å²) in [6.07, 6.45) is 0. The molecule has 0 atom stereocenters. The van der Waals surface area contributed by atoms with Gasteiger partial charge in [0.15, 0.2) is 0 Å². The number of fused-ring (bicyclic) bond motifs is 1. The van der Waals surface area contributed by atoms with E-state index in [0.717, 1.165) is 0 Å². The summed E-state index contributed by atoms with van der Waals surface area (Å²) in [5, 5.41) is 4.82. The van der Waals surface area contributed by atoms with Crippen molar-refractivity contribution in [1.29, 1.82) is 0 Å². The minimum absolute atomic E-state index is 0.231. The molecule has 1 heterocycles. The van der Waals surface area contributed by atoms with Crippen molar-refractivity contribution >= 4 is 34.8 Å². The fraction of sp³-hybridized carbons (Fsp3) is 0. The van der Waals surface area contributed by atoms with Crippen LogP contribution >= 0.6 is 0 Å². The number of rotatable bonds is 2. The number of carbonyl (C=O) groups is 3. The van der Waals surface area contributed by atoms with E-state index in [-0.39, 0.29) is 11.1 Å². The molecule has 0 fully saturated rings. The van der Waals surface area contributed by atoms with Crippen molar-refractivity contribution in [3.8, 4) is 0 Å². The summed E-state index contributed by atoms with van der Waals surface area (Å²) in [5.41, 5.74) is 13.3. The van der Waals surface area contributed by atoms with E-state index in [1.54, 1.807) is 12.1 Å². The molecular formula is C15H12N4O3. The van der Waals surface area contributed by atoms with Crippen molar-refractivity contribution in [3.63, 3.8) is 0 Å². The minimum Gasteiger partial charge on any atom is -0.399 e. The number of imide groups is 1.